The van der Waals surface area contributed by atoms with Crippen molar-refractivity contribution in [2.24, 2.45) is 0 Å². The van der Waals surface area contributed by atoms with Crippen molar-refractivity contribution in [3.63, 3.8) is 0 Å². The van der Waals surface area contributed by atoms with Crippen molar-refractivity contribution in [2.45, 2.75) is 25.8 Å². The number of amides is 1. The Morgan fingerprint density at radius 3 is 2.50 bits per heavy atom. The Morgan fingerprint density at radius 1 is 0.944 bits per heavy atom. The number of hydrogen-bond acceptors (Lipinski definition) is 5. The number of thiazole rings is 1. The van der Waals surface area contributed by atoms with Gasteiger partial charge in [0.1, 0.15) is 11.6 Å². The summed E-state index contributed by atoms with van der Waals surface area (Å²) < 4.78 is 13.3. The minimum Gasteiger partial charge on any atom is -0.310 e. The smallest absolute Gasteiger partial charge is 0.258 e. The van der Waals surface area contributed by atoms with Crippen LogP contribution in [0.2, 0.25) is 0 Å². The normalized spacial score (nSPS) is 11.0. The summed E-state index contributed by atoms with van der Waals surface area (Å²) in [6.07, 6.45) is 1.28. The van der Waals surface area contributed by atoms with E-state index in [1.165, 1.54) is 23.5 Å². The Bertz CT molecular complexity index is 1550. The van der Waals surface area contributed by atoms with Gasteiger partial charge in [0.2, 0.25) is 5.91 Å². The average molecular weight is 499 g/mol. The Balaban J connectivity index is 1.33. The molecule has 0 fully saturated rings. The molecule has 180 valence electrons. The fourth-order valence-corrected chi connectivity index (χ4v) is 4.82. The average Bonchev–Trinajstić information content (AvgIpc) is 3.38. The van der Waals surface area contributed by atoms with Gasteiger partial charge in [-0.1, -0.05) is 42.5 Å². The molecule has 2 heterocycles. The third-order valence-electron chi connectivity index (χ3n) is 5.81. The fourth-order valence-electron chi connectivity index (χ4n) is 3.97. The molecule has 8 heteroatoms. The molecule has 1 N–H and O–H groups in total. The maximum Gasteiger partial charge on any atom is 0.258 e. The van der Waals surface area contributed by atoms with Gasteiger partial charge in [-0.2, -0.15) is 0 Å². The second-order valence-corrected chi connectivity index (χ2v) is 9.21. The van der Waals surface area contributed by atoms with Gasteiger partial charge in [-0.05, 0) is 48.4 Å². The van der Waals surface area contributed by atoms with E-state index < -0.39 is 0 Å². The van der Waals surface area contributed by atoms with Gasteiger partial charge in [-0.25, -0.2) is 14.4 Å². The third kappa shape index (κ3) is 5.39. The number of hydrogen-bond donors (Lipinski definition) is 1. The van der Waals surface area contributed by atoms with Crippen molar-refractivity contribution in [3.05, 3.63) is 112 Å². The number of nitrogens with zero attached hydrogens (tertiary/aromatic N) is 3. The molecule has 36 heavy (non-hydrogen) atoms. The number of para-hydroxylation sites is 1. The van der Waals surface area contributed by atoms with Gasteiger partial charge in [-0.3, -0.25) is 14.5 Å². The standard InChI is InChI=1S/C28H23FN4O2S/c29-21-15-13-20(14-16-21)24-18-36-28(31-24)33(17-19-7-2-1-3-8-19)26(34)12-6-11-25-30-23-10-5-4-9-22(23)27(35)32-25/h1-5,7-10,13-16,18H,6,11-12,17H2,(H,30,32,35). The summed E-state index contributed by atoms with van der Waals surface area (Å²) in [5.41, 5.74) is 2.94. The first-order valence-electron chi connectivity index (χ1n) is 11.6. The zero-order chi connectivity index (χ0) is 24.9. The highest BCUT2D eigenvalue weighted by molar-refractivity contribution is 7.14. The second kappa shape index (κ2) is 10.6. The summed E-state index contributed by atoms with van der Waals surface area (Å²) >= 11 is 1.38. The second-order valence-electron chi connectivity index (χ2n) is 8.37. The SMILES string of the molecule is O=C(CCCc1nc2ccccc2c(=O)[nH]1)N(Cc1ccccc1)c1nc(-c2ccc(F)cc2)cs1. The molecule has 3 aromatic carbocycles. The van der Waals surface area contributed by atoms with Crippen molar-refractivity contribution >= 4 is 33.3 Å². The first-order valence-corrected chi connectivity index (χ1v) is 12.5. The monoisotopic (exact) mass is 498 g/mol. The van der Waals surface area contributed by atoms with Gasteiger partial charge in [-0.15, -0.1) is 11.3 Å². The lowest BCUT2D eigenvalue weighted by Crippen LogP contribution is -2.30. The highest BCUT2D eigenvalue weighted by Crippen LogP contribution is 2.29. The third-order valence-corrected chi connectivity index (χ3v) is 6.68. The van der Waals surface area contributed by atoms with Crippen LogP contribution in [0, 0.1) is 5.82 Å². The summed E-state index contributed by atoms with van der Waals surface area (Å²) in [5.74, 6) is 0.188. The van der Waals surface area contributed by atoms with Crippen LogP contribution in [-0.4, -0.2) is 20.9 Å². The van der Waals surface area contributed by atoms with Crippen LogP contribution in [-0.2, 0) is 17.8 Å². The molecule has 0 radical (unpaired) electrons. The number of carbonyl (C=O) groups is 1. The molecule has 5 aromatic rings. The molecule has 0 atom stereocenters. The molecule has 1 amide bonds. The van der Waals surface area contributed by atoms with Gasteiger partial charge < -0.3 is 4.98 Å². The van der Waals surface area contributed by atoms with Crippen LogP contribution in [0.5, 0.6) is 0 Å². The fraction of sp³-hybridized carbons (Fsp3) is 0.143. The molecular formula is C28H23FN4O2S. The topological polar surface area (TPSA) is 79.0 Å². The molecule has 0 saturated carbocycles. The Labute approximate surface area is 211 Å². The molecule has 0 saturated heterocycles. The lowest BCUT2D eigenvalue weighted by molar-refractivity contribution is -0.118. The first kappa shape index (κ1) is 23.6. The Morgan fingerprint density at radius 2 is 1.69 bits per heavy atom. The first-order chi connectivity index (χ1) is 17.6. The van der Waals surface area contributed by atoms with E-state index in [1.54, 1.807) is 29.2 Å². The van der Waals surface area contributed by atoms with Gasteiger partial charge in [0.15, 0.2) is 5.13 Å². The van der Waals surface area contributed by atoms with Gasteiger partial charge in [0.05, 0.1) is 23.1 Å². The number of rotatable bonds is 8. The number of nitrogens with one attached hydrogen (secondary N) is 1. The minimum atomic E-state index is -0.308. The maximum absolute atomic E-state index is 13.4. The number of halogens is 1. The molecule has 0 bridgehead atoms. The summed E-state index contributed by atoms with van der Waals surface area (Å²) in [5, 5.41) is 3.00. The number of fused-ring (bicyclic) bond motifs is 1. The van der Waals surface area contributed by atoms with Gasteiger partial charge in [0, 0.05) is 23.8 Å². The van der Waals surface area contributed by atoms with Crippen LogP contribution in [0.15, 0.2) is 89.0 Å². The number of carbonyl (C=O) groups excluding carboxylic acids is 1. The van der Waals surface area contributed by atoms with E-state index in [0.29, 0.717) is 46.9 Å². The van der Waals surface area contributed by atoms with Crippen LogP contribution >= 0.6 is 11.3 Å². The molecule has 0 aliphatic carbocycles. The summed E-state index contributed by atoms with van der Waals surface area (Å²) in [6, 6.07) is 23.1. The zero-order valence-electron chi connectivity index (χ0n) is 19.4. The highest BCUT2D eigenvalue weighted by atomic mass is 32.1. The van der Waals surface area contributed by atoms with Crippen molar-refractivity contribution in [1.29, 1.82) is 0 Å². The van der Waals surface area contributed by atoms with Crippen molar-refractivity contribution < 1.29 is 9.18 Å². The molecule has 0 aliphatic rings. The molecule has 0 spiro atoms. The number of H-pyrrole nitrogens is 1. The molecule has 0 unspecified atom stereocenters. The van der Waals surface area contributed by atoms with E-state index in [0.717, 1.165) is 11.1 Å². The molecule has 0 aliphatic heterocycles. The Kier molecular flexibility index (Phi) is 6.95. The van der Waals surface area contributed by atoms with Crippen LogP contribution in [0.4, 0.5) is 9.52 Å². The largest absolute Gasteiger partial charge is 0.310 e. The van der Waals surface area contributed by atoms with E-state index in [1.807, 2.05) is 47.8 Å². The number of aryl methyl sites for hydroxylation is 1. The Hall–Kier alpha value is -4.17. The van der Waals surface area contributed by atoms with E-state index in [-0.39, 0.29) is 23.7 Å². The summed E-state index contributed by atoms with van der Waals surface area (Å²) in [6.45, 7) is 0.390. The summed E-state index contributed by atoms with van der Waals surface area (Å²) in [4.78, 5) is 39.4. The maximum atomic E-state index is 13.4. The molecule has 6 nitrogen and oxygen atoms in total. The van der Waals surface area contributed by atoms with Crippen molar-refractivity contribution in [1.82, 2.24) is 15.0 Å². The van der Waals surface area contributed by atoms with E-state index in [9.17, 15) is 14.0 Å². The number of aromatic amines is 1. The van der Waals surface area contributed by atoms with Gasteiger partial charge >= 0.3 is 0 Å². The van der Waals surface area contributed by atoms with Crippen molar-refractivity contribution in [3.8, 4) is 11.3 Å². The zero-order valence-corrected chi connectivity index (χ0v) is 20.2. The van der Waals surface area contributed by atoms with Crippen LogP contribution in [0.25, 0.3) is 22.2 Å². The molecule has 5 rings (SSSR count). The predicted octanol–water partition coefficient (Wildman–Crippen LogP) is 5.74. The lowest BCUT2D eigenvalue weighted by Gasteiger charge is -2.20. The lowest BCUT2D eigenvalue weighted by atomic mass is 10.1. The van der Waals surface area contributed by atoms with E-state index in [2.05, 4.69) is 15.0 Å². The van der Waals surface area contributed by atoms with Crippen LogP contribution < -0.4 is 10.5 Å². The molecule has 2 aromatic heterocycles. The minimum absolute atomic E-state index is 0.0676. The van der Waals surface area contributed by atoms with E-state index in [4.69, 9.17) is 0 Å². The van der Waals surface area contributed by atoms with Crippen molar-refractivity contribution in [2.75, 3.05) is 4.90 Å². The summed E-state index contributed by atoms with van der Waals surface area (Å²) in [7, 11) is 0. The molecular weight excluding hydrogens is 475 g/mol. The number of aromatic nitrogens is 3. The number of anilines is 1. The van der Waals surface area contributed by atoms with Crippen LogP contribution in [0.1, 0.15) is 24.2 Å². The van der Waals surface area contributed by atoms with Gasteiger partial charge in [0.25, 0.3) is 5.56 Å². The number of benzene rings is 3. The van der Waals surface area contributed by atoms with E-state index >= 15 is 0 Å². The highest BCUT2D eigenvalue weighted by Gasteiger charge is 2.20. The van der Waals surface area contributed by atoms with Crippen LogP contribution in [0.3, 0.4) is 0 Å². The quantitative estimate of drug-likeness (QED) is 0.296. The predicted molar refractivity (Wildman–Crippen MR) is 140 cm³/mol.